The zero-order chi connectivity index (χ0) is 9.00. The summed E-state index contributed by atoms with van der Waals surface area (Å²) in [7, 11) is -9.83. The van der Waals surface area contributed by atoms with Crippen LogP contribution in [0.4, 0.5) is 0 Å². The second-order valence-corrected chi connectivity index (χ2v) is 2.57. The molecule has 0 heterocycles. The molecule has 14 heteroatoms. The molecule has 0 unspecified atom stereocenters. The van der Waals surface area contributed by atoms with Gasteiger partial charge >= 0.3 is 113 Å². The van der Waals surface area contributed by atoms with E-state index in [9.17, 15) is 0 Å². The minimum atomic E-state index is -5.17. The Hall–Kier alpha value is 3.26. The molecule has 14 heavy (non-hydrogen) atoms. The molecule has 0 rings (SSSR count). The van der Waals surface area contributed by atoms with E-state index in [1.807, 2.05) is 0 Å². The zero-order valence-corrected chi connectivity index (χ0v) is 16.2. The maximum Gasteiger partial charge on any atom is 1.00 e. The first kappa shape index (κ1) is 36.0. The summed E-state index contributed by atoms with van der Waals surface area (Å²) in [5, 5.41) is 0. The molecule has 0 aliphatic rings. The Morgan fingerprint density at radius 1 is 0.857 bits per heavy atom. The quantitative estimate of drug-likeness (QED) is 0.222. The van der Waals surface area contributed by atoms with E-state index in [0.29, 0.717) is 0 Å². The van der Waals surface area contributed by atoms with E-state index in [0.717, 1.165) is 0 Å². The summed E-state index contributed by atoms with van der Waals surface area (Å²) in [6, 6.07) is 0. The maximum absolute atomic E-state index is 8.74. The minimum absolute atomic E-state index is 0. The van der Waals surface area contributed by atoms with Gasteiger partial charge in [0.1, 0.15) is 0 Å². The molecule has 6 N–H and O–H groups in total. The van der Waals surface area contributed by atoms with Crippen LogP contribution < -0.4 is 121 Å². The van der Waals surface area contributed by atoms with Crippen LogP contribution >= 0.6 is 0 Å². The van der Waals surface area contributed by atoms with Gasteiger partial charge in [-0.05, 0) is 0 Å². The monoisotopic (exact) mass is 325 g/mol. The largest absolute Gasteiger partial charge is 1.00 e. The van der Waals surface area contributed by atoms with Crippen LogP contribution in [0.3, 0.4) is 0 Å². The first-order valence-corrected chi connectivity index (χ1v) is 4.10. The van der Waals surface area contributed by atoms with Crippen LogP contribution in [0.5, 0.6) is 0 Å². The van der Waals surface area contributed by atoms with Crippen molar-refractivity contribution in [2.24, 2.45) is 0 Å². The molecule has 0 fully saturated rings. The van der Waals surface area contributed by atoms with Gasteiger partial charge in [0, 0.05) is 10.4 Å². The summed E-state index contributed by atoms with van der Waals surface area (Å²) in [5.41, 5.74) is 0. The number of hydrogen-bond acceptors (Lipinski definition) is 6. The molecule has 9 nitrogen and oxygen atoms in total. The van der Waals surface area contributed by atoms with E-state index in [2.05, 4.69) is 0 Å². The van der Waals surface area contributed by atoms with Gasteiger partial charge < -0.3 is 27.7 Å². The van der Waals surface area contributed by atoms with Gasteiger partial charge in [-0.15, -0.1) is 0 Å². The third kappa shape index (κ3) is 292. The normalized spacial score (nSPS) is 8.29. The number of halogens is 1. The standard InChI is InChI=1S/ClH.2K.H3N.2H2O4S/c;;;;2*1-5(2,3)4/h1H;;;1H3;2*(H2,1,2,3,4)/q;2*+1;;;/p-2. The van der Waals surface area contributed by atoms with Crippen LogP contribution in [0, 0.1) is 0 Å². The van der Waals surface area contributed by atoms with Crippen molar-refractivity contribution in [2.75, 3.05) is 0 Å². The molecule has 0 spiro atoms. The van der Waals surface area contributed by atoms with Crippen LogP contribution in [0.15, 0.2) is 0 Å². The third-order valence-corrected chi connectivity index (χ3v) is 0. The topological polar surface area (TPSA) is 191 Å². The van der Waals surface area contributed by atoms with Gasteiger partial charge in [-0.2, -0.15) is 8.42 Å². The Kier molecular flexibility index (Phi) is 41.8. The SMILES string of the molecule is O=S(=O)(O)O.O=S(=O)([O-])[O-].[Cl-].[K+].[K+].[NH4+]. The van der Waals surface area contributed by atoms with Crippen molar-refractivity contribution >= 4 is 20.8 Å². The Labute approximate surface area is 173 Å². The molecule has 0 saturated carbocycles. The molecule has 0 aliphatic heterocycles. The number of rotatable bonds is 0. The molecule has 0 saturated heterocycles. The third-order valence-electron chi connectivity index (χ3n) is 0. The molecule has 80 valence electrons. The molecule has 0 radical (unpaired) electrons. The van der Waals surface area contributed by atoms with Crippen LogP contribution in [0.25, 0.3) is 0 Å². The Morgan fingerprint density at radius 2 is 0.857 bits per heavy atom. The van der Waals surface area contributed by atoms with Gasteiger partial charge in [0.2, 0.25) is 0 Å². The predicted molar refractivity (Wildman–Crippen MR) is 30.6 cm³/mol. The first-order chi connectivity index (χ1) is 4.00. The molecule has 0 bridgehead atoms. The predicted octanol–water partition coefficient (Wildman–Crippen LogP) is -10.6. The molecule has 0 aromatic heterocycles. The van der Waals surface area contributed by atoms with E-state index in [1.165, 1.54) is 0 Å². The van der Waals surface area contributed by atoms with E-state index >= 15 is 0 Å². The summed E-state index contributed by atoms with van der Waals surface area (Å²) in [4.78, 5) is 0. The van der Waals surface area contributed by atoms with Gasteiger partial charge in [-0.25, -0.2) is 0 Å². The minimum Gasteiger partial charge on any atom is -1.00 e. The summed E-state index contributed by atoms with van der Waals surface area (Å²) >= 11 is 0. The van der Waals surface area contributed by atoms with Gasteiger partial charge in [0.25, 0.3) is 0 Å². The van der Waals surface area contributed by atoms with Crippen molar-refractivity contribution in [1.82, 2.24) is 6.15 Å². The van der Waals surface area contributed by atoms with Crippen LogP contribution in [0.1, 0.15) is 0 Å². The van der Waals surface area contributed by atoms with Crippen LogP contribution in [-0.4, -0.2) is 35.0 Å². The maximum atomic E-state index is 8.74. The smallest absolute Gasteiger partial charge is 1.00 e. The van der Waals surface area contributed by atoms with Gasteiger partial charge in [-0.1, -0.05) is 0 Å². The Bertz CT molecular complexity index is 222. The average molecular weight is 326 g/mol. The Morgan fingerprint density at radius 3 is 0.857 bits per heavy atom. The summed E-state index contributed by atoms with van der Waals surface area (Å²) < 4.78 is 65.7. The average Bonchev–Trinajstić information content (AvgIpc) is 1.12. The van der Waals surface area contributed by atoms with E-state index in [4.69, 9.17) is 35.0 Å². The van der Waals surface area contributed by atoms with E-state index < -0.39 is 20.8 Å². The fourth-order valence-corrected chi connectivity index (χ4v) is 0. The van der Waals surface area contributed by atoms with Gasteiger partial charge in [0.05, 0.1) is 0 Å². The van der Waals surface area contributed by atoms with Gasteiger partial charge in [-0.3, -0.25) is 17.5 Å². The first-order valence-electron chi connectivity index (χ1n) is 1.37. The second kappa shape index (κ2) is 16.3. The van der Waals surface area contributed by atoms with Crippen molar-refractivity contribution in [3.63, 3.8) is 0 Å². The molecule has 0 aromatic rings. The van der Waals surface area contributed by atoms with E-state index in [-0.39, 0.29) is 121 Å². The van der Waals surface area contributed by atoms with Crippen molar-refractivity contribution in [2.45, 2.75) is 0 Å². The van der Waals surface area contributed by atoms with E-state index in [1.54, 1.807) is 0 Å². The summed E-state index contributed by atoms with van der Waals surface area (Å²) in [5.74, 6) is 0. The van der Waals surface area contributed by atoms with Crippen LogP contribution in [0.2, 0.25) is 0 Å². The number of quaternary nitrogens is 1. The van der Waals surface area contributed by atoms with Crippen molar-refractivity contribution in [1.29, 1.82) is 0 Å². The molecule has 0 aliphatic carbocycles. The Balaban J connectivity index is -0.0000000178. The van der Waals surface area contributed by atoms with Crippen molar-refractivity contribution < 1.29 is 150 Å². The molecule has 0 atom stereocenters. The van der Waals surface area contributed by atoms with Gasteiger partial charge in [0.15, 0.2) is 0 Å². The summed E-state index contributed by atoms with van der Waals surface area (Å²) in [6.45, 7) is 0. The molecule has 0 amide bonds. The second-order valence-electron chi connectivity index (χ2n) is 0.856. The molecule has 0 aromatic carbocycles. The fraction of sp³-hybridized carbons (Fsp3) is 0. The zero-order valence-electron chi connectivity index (χ0n) is 7.54. The summed E-state index contributed by atoms with van der Waals surface area (Å²) in [6.07, 6.45) is 0. The van der Waals surface area contributed by atoms with Crippen molar-refractivity contribution in [3.8, 4) is 0 Å². The fourth-order valence-electron chi connectivity index (χ4n) is 0. The molecular formula is H6ClK2NO8S2. The number of hydrogen-bond donors (Lipinski definition) is 3. The van der Waals surface area contributed by atoms with Crippen LogP contribution in [-0.2, 0) is 20.8 Å². The molecular weight excluding hydrogens is 320 g/mol. The van der Waals surface area contributed by atoms with Crippen molar-refractivity contribution in [3.05, 3.63) is 0 Å².